The summed E-state index contributed by atoms with van der Waals surface area (Å²) in [5.74, 6) is -0.0133. The maximum atomic E-state index is 12.9. The number of amides is 2. The van der Waals surface area contributed by atoms with Gasteiger partial charge in [0, 0.05) is 24.8 Å². The van der Waals surface area contributed by atoms with Crippen molar-refractivity contribution in [2.24, 2.45) is 0 Å². The van der Waals surface area contributed by atoms with Crippen molar-refractivity contribution in [1.82, 2.24) is 9.62 Å². The molecule has 6 nitrogen and oxygen atoms in total. The fourth-order valence-electron chi connectivity index (χ4n) is 3.32. The van der Waals surface area contributed by atoms with Crippen LogP contribution in [0.4, 0.5) is 10.5 Å². The molecule has 1 fully saturated rings. The molecule has 3 rings (SSSR count). The van der Waals surface area contributed by atoms with E-state index in [1.54, 1.807) is 16.4 Å². The molecule has 1 aliphatic rings. The quantitative estimate of drug-likeness (QED) is 0.799. The molecular weight excluding hydrogens is 362 g/mol. The van der Waals surface area contributed by atoms with Crippen LogP contribution in [0, 0.1) is 0 Å². The van der Waals surface area contributed by atoms with Crippen molar-refractivity contribution < 1.29 is 13.2 Å². The molecule has 2 aromatic rings. The highest BCUT2D eigenvalue weighted by atomic mass is 32.2. The van der Waals surface area contributed by atoms with Crippen molar-refractivity contribution in [1.29, 1.82) is 0 Å². The van der Waals surface area contributed by atoms with E-state index in [0.29, 0.717) is 18.8 Å². The number of carbonyl (C=O) groups is 1. The molecule has 2 amide bonds. The molecule has 1 atom stereocenters. The lowest BCUT2D eigenvalue weighted by atomic mass is 10.1. The van der Waals surface area contributed by atoms with Gasteiger partial charge in [0.25, 0.3) is 0 Å². The zero-order valence-corrected chi connectivity index (χ0v) is 16.0. The van der Waals surface area contributed by atoms with Crippen molar-refractivity contribution in [3.05, 3.63) is 66.2 Å². The molecule has 0 spiro atoms. The number of hydrogen-bond acceptors (Lipinski definition) is 3. The first-order valence-electron chi connectivity index (χ1n) is 9.18. The average Bonchev–Trinajstić information content (AvgIpc) is 2.68. The van der Waals surface area contributed by atoms with Crippen molar-refractivity contribution >= 4 is 21.7 Å². The molecule has 0 aromatic heterocycles. The van der Waals surface area contributed by atoms with E-state index in [4.69, 9.17) is 0 Å². The minimum Gasteiger partial charge on any atom is -0.336 e. The second-order valence-corrected chi connectivity index (χ2v) is 8.62. The zero-order valence-electron chi connectivity index (χ0n) is 15.2. The smallest absolute Gasteiger partial charge is 0.319 e. The Morgan fingerprint density at radius 1 is 1.00 bits per heavy atom. The molecule has 0 unspecified atom stereocenters. The summed E-state index contributed by atoms with van der Waals surface area (Å²) in [5.41, 5.74) is 1.48. The summed E-state index contributed by atoms with van der Waals surface area (Å²) in [4.78, 5) is 12.1. The molecule has 0 saturated carbocycles. The van der Waals surface area contributed by atoms with E-state index in [2.05, 4.69) is 10.6 Å². The lowest BCUT2D eigenvalue weighted by Crippen LogP contribution is -2.50. The predicted octanol–water partition coefficient (Wildman–Crippen LogP) is 3.19. The minimum absolute atomic E-state index is 0.0133. The van der Waals surface area contributed by atoms with Crippen LogP contribution in [0.5, 0.6) is 0 Å². The Kier molecular flexibility index (Phi) is 6.47. The van der Waals surface area contributed by atoms with Gasteiger partial charge in [0.2, 0.25) is 10.0 Å². The fraction of sp³-hybridized carbons (Fsp3) is 0.350. The lowest BCUT2D eigenvalue weighted by molar-refractivity contribution is 0.231. The van der Waals surface area contributed by atoms with Gasteiger partial charge in [-0.1, -0.05) is 55.0 Å². The third-order valence-electron chi connectivity index (χ3n) is 4.65. The lowest BCUT2D eigenvalue weighted by Gasteiger charge is -2.34. The van der Waals surface area contributed by atoms with Crippen LogP contribution in [0.25, 0.3) is 0 Å². The van der Waals surface area contributed by atoms with Gasteiger partial charge in [-0.25, -0.2) is 13.2 Å². The number of rotatable bonds is 6. The van der Waals surface area contributed by atoms with Crippen LogP contribution in [0.1, 0.15) is 24.8 Å². The molecule has 1 aliphatic heterocycles. The Morgan fingerprint density at radius 2 is 1.67 bits per heavy atom. The van der Waals surface area contributed by atoms with Gasteiger partial charge in [0.15, 0.2) is 0 Å². The van der Waals surface area contributed by atoms with Crippen LogP contribution in [0.3, 0.4) is 0 Å². The number of carbonyl (C=O) groups excluding carboxylic acids is 1. The van der Waals surface area contributed by atoms with Crippen LogP contribution in [0.15, 0.2) is 60.7 Å². The van der Waals surface area contributed by atoms with Gasteiger partial charge >= 0.3 is 6.03 Å². The third-order valence-corrected chi connectivity index (χ3v) is 6.55. The van der Waals surface area contributed by atoms with E-state index in [0.717, 1.165) is 24.8 Å². The van der Waals surface area contributed by atoms with Crippen molar-refractivity contribution in [2.75, 3.05) is 18.4 Å². The van der Waals surface area contributed by atoms with Gasteiger partial charge in [0.1, 0.15) is 0 Å². The molecule has 27 heavy (non-hydrogen) atoms. The Hall–Kier alpha value is -2.38. The number of nitrogens with zero attached hydrogens (tertiary/aromatic N) is 1. The van der Waals surface area contributed by atoms with Crippen molar-refractivity contribution in [3.8, 4) is 0 Å². The number of anilines is 1. The van der Waals surface area contributed by atoms with Gasteiger partial charge < -0.3 is 10.6 Å². The number of benzene rings is 2. The van der Waals surface area contributed by atoms with Gasteiger partial charge in [-0.15, -0.1) is 0 Å². The van der Waals surface area contributed by atoms with E-state index in [9.17, 15) is 13.2 Å². The van der Waals surface area contributed by atoms with Crippen LogP contribution in [-0.4, -0.2) is 37.9 Å². The minimum atomic E-state index is -3.43. The van der Waals surface area contributed by atoms with E-state index < -0.39 is 10.0 Å². The van der Waals surface area contributed by atoms with Crippen molar-refractivity contribution in [2.45, 2.75) is 31.1 Å². The highest BCUT2D eigenvalue weighted by Gasteiger charge is 2.32. The summed E-state index contributed by atoms with van der Waals surface area (Å²) in [7, 11) is -3.43. The molecule has 7 heteroatoms. The first kappa shape index (κ1) is 19.4. The van der Waals surface area contributed by atoms with E-state index >= 15 is 0 Å². The summed E-state index contributed by atoms with van der Waals surface area (Å²) in [6.07, 6.45) is 2.56. The molecule has 2 N–H and O–H groups in total. The molecule has 2 aromatic carbocycles. The number of sulfonamides is 1. The Balaban J connectivity index is 1.60. The number of nitrogens with one attached hydrogen (secondary N) is 2. The summed E-state index contributed by atoms with van der Waals surface area (Å²) in [5, 5.41) is 5.57. The topological polar surface area (TPSA) is 78.5 Å². The maximum Gasteiger partial charge on any atom is 0.319 e. The highest BCUT2D eigenvalue weighted by molar-refractivity contribution is 7.88. The van der Waals surface area contributed by atoms with E-state index in [1.165, 1.54) is 0 Å². The normalized spacial score (nSPS) is 18.0. The van der Waals surface area contributed by atoms with Crippen LogP contribution in [-0.2, 0) is 15.8 Å². The van der Waals surface area contributed by atoms with Crippen molar-refractivity contribution in [3.63, 3.8) is 0 Å². The summed E-state index contributed by atoms with van der Waals surface area (Å²) >= 11 is 0. The maximum absolute atomic E-state index is 12.9. The van der Waals surface area contributed by atoms with Crippen LogP contribution < -0.4 is 10.6 Å². The van der Waals surface area contributed by atoms with Gasteiger partial charge in [-0.05, 0) is 30.5 Å². The third kappa shape index (κ3) is 5.55. The number of urea groups is 1. The molecule has 0 bridgehead atoms. The summed E-state index contributed by atoms with van der Waals surface area (Å²) in [6.45, 7) is 0.800. The average molecular weight is 388 g/mol. The summed E-state index contributed by atoms with van der Waals surface area (Å²) < 4.78 is 27.4. The second kappa shape index (κ2) is 9.01. The van der Waals surface area contributed by atoms with E-state index in [1.807, 2.05) is 48.5 Å². The largest absolute Gasteiger partial charge is 0.336 e. The summed E-state index contributed by atoms with van der Waals surface area (Å²) in [6, 6.07) is 17.8. The molecule has 1 heterocycles. The Labute approximate surface area is 160 Å². The van der Waals surface area contributed by atoms with Gasteiger partial charge in [0.05, 0.1) is 5.75 Å². The molecule has 0 radical (unpaired) electrons. The number of hydrogen-bond donors (Lipinski definition) is 2. The zero-order chi connectivity index (χ0) is 19.1. The standard InChI is InChI=1S/C20H25N3O3S/c24-20(22-18-11-5-2-6-12-18)21-15-19-13-7-8-14-23(19)27(25,26)16-17-9-3-1-4-10-17/h1-6,9-12,19H,7-8,13-16H2,(H2,21,22,24)/t19-/m0/s1. The molecule has 144 valence electrons. The molecule has 1 saturated heterocycles. The van der Waals surface area contributed by atoms with Crippen LogP contribution >= 0.6 is 0 Å². The highest BCUT2D eigenvalue weighted by Crippen LogP contribution is 2.22. The SMILES string of the molecule is O=C(NC[C@@H]1CCCCN1S(=O)(=O)Cc1ccccc1)Nc1ccccc1. The van der Waals surface area contributed by atoms with Gasteiger partial charge in [-0.2, -0.15) is 4.31 Å². The monoisotopic (exact) mass is 387 g/mol. The second-order valence-electron chi connectivity index (χ2n) is 6.70. The van der Waals surface area contributed by atoms with Crippen LogP contribution in [0.2, 0.25) is 0 Å². The Bertz CT molecular complexity index is 841. The fourth-order valence-corrected chi connectivity index (χ4v) is 5.14. The predicted molar refractivity (Wildman–Crippen MR) is 107 cm³/mol. The number of piperidine rings is 1. The van der Waals surface area contributed by atoms with Gasteiger partial charge in [-0.3, -0.25) is 0 Å². The first-order valence-corrected chi connectivity index (χ1v) is 10.8. The first-order chi connectivity index (χ1) is 13.0. The van der Waals surface area contributed by atoms with E-state index in [-0.39, 0.29) is 17.8 Å². The number of para-hydroxylation sites is 1. The molecular formula is C20H25N3O3S. The molecule has 0 aliphatic carbocycles. The Morgan fingerprint density at radius 3 is 2.37 bits per heavy atom.